The first-order valence-corrected chi connectivity index (χ1v) is 7.07. The van der Waals surface area contributed by atoms with Gasteiger partial charge in [-0.05, 0) is 6.08 Å². The number of rotatable bonds is 3. The van der Waals surface area contributed by atoms with Crippen molar-refractivity contribution in [3.05, 3.63) is 29.9 Å². The number of carbonyl (C=O) groups excluding carboxylic acids is 2. The van der Waals surface area contributed by atoms with Crippen LogP contribution in [0.3, 0.4) is 0 Å². The first-order chi connectivity index (χ1) is 10.3. The van der Waals surface area contributed by atoms with E-state index in [1.165, 1.54) is 0 Å². The van der Waals surface area contributed by atoms with Crippen molar-refractivity contribution in [2.45, 2.75) is 19.2 Å². The van der Waals surface area contributed by atoms with E-state index < -0.39 is 0 Å². The van der Waals surface area contributed by atoms with Gasteiger partial charge in [-0.3, -0.25) is 9.59 Å². The van der Waals surface area contributed by atoms with Crippen LogP contribution in [0.15, 0.2) is 18.3 Å². The number of amides is 1. The van der Waals surface area contributed by atoms with Crippen molar-refractivity contribution < 1.29 is 14.3 Å². The van der Waals surface area contributed by atoms with E-state index in [-0.39, 0.29) is 12.0 Å². The number of morpholine rings is 1. The van der Waals surface area contributed by atoms with Gasteiger partial charge in [-0.15, -0.1) is 0 Å². The molecule has 3 rings (SSSR count). The summed E-state index contributed by atoms with van der Waals surface area (Å²) in [6.07, 6.45) is 5.66. The molecule has 112 valence electrons. The van der Waals surface area contributed by atoms with E-state index >= 15 is 0 Å². The Bertz CT molecular complexity index is 561. The van der Waals surface area contributed by atoms with E-state index in [9.17, 15) is 9.59 Å². The minimum absolute atomic E-state index is 0.0452. The average Bonchev–Trinajstić information content (AvgIpc) is 2.95. The number of ether oxygens (including phenoxy) is 1. The van der Waals surface area contributed by atoms with E-state index in [2.05, 4.69) is 10.3 Å². The number of hydrogen-bond acceptors (Lipinski definition) is 5. The van der Waals surface area contributed by atoms with Crippen LogP contribution >= 0.6 is 0 Å². The Balaban J connectivity index is 1.61. The summed E-state index contributed by atoms with van der Waals surface area (Å²) in [5.74, 6) is 0.701. The molecule has 0 saturated carbocycles. The first kappa shape index (κ1) is 14.0. The third-order valence-electron chi connectivity index (χ3n) is 3.74. The van der Waals surface area contributed by atoms with Crippen LogP contribution in [0.25, 0.3) is 0 Å². The fourth-order valence-electron chi connectivity index (χ4n) is 2.57. The summed E-state index contributed by atoms with van der Waals surface area (Å²) in [5.41, 5.74) is 0.564. The SMILES string of the molecule is O=Cc1cnc2n1CCN(C(=O)/C=C/C1CNCCO1)C2. The van der Waals surface area contributed by atoms with Gasteiger partial charge in [0.1, 0.15) is 11.5 Å². The normalized spacial score (nSPS) is 22.3. The van der Waals surface area contributed by atoms with Crippen molar-refractivity contribution in [1.82, 2.24) is 19.8 Å². The predicted molar refractivity (Wildman–Crippen MR) is 74.8 cm³/mol. The van der Waals surface area contributed by atoms with Crippen LogP contribution in [0.5, 0.6) is 0 Å². The first-order valence-electron chi connectivity index (χ1n) is 7.07. The Morgan fingerprint density at radius 3 is 3.14 bits per heavy atom. The second kappa shape index (κ2) is 6.19. The Labute approximate surface area is 122 Å². The topological polar surface area (TPSA) is 76.5 Å². The molecule has 0 radical (unpaired) electrons. The lowest BCUT2D eigenvalue weighted by molar-refractivity contribution is -0.127. The highest BCUT2D eigenvalue weighted by molar-refractivity contribution is 5.87. The molecule has 0 bridgehead atoms. The lowest BCUT2D eigenvalue weighted by Crippen LogP contribution is -2.39. The number of nitrogens with zero attached hydrogens (tertiary/aromatic N) is 3. The van der Waals surface area contributed by atoms with Crippen LogP contribution in [0.1, 0.15) is 16.3 Å². The monoisotopic (exact) mass is 290 g/mol. The van der Waals surface area contributed by atoms with Crippen molar-refractivity contribution in [3.63, 3.8) is 0 Å². The number of imidazole rings is 1. The van der Waals surface area contributed by atoms with E-state index in [0.29, 0.717) is 31.9 Å². The number of fused-ring (bicyclic) bond motifs is 1. The lowest BCUT2D eigenvalue weighted by atomic mass is 10.2. The third kappa shape index (κ3) is 3.03. The molecule has 7 heteroatoms. The van der Waals surface area contributed by atoms with Crippen molar-refractivity contribution in [2.24, 2.45) is 0 Å². The van der Waals surface area contributed by atoms with Gasteiger partial charge in [-0.1, -0.05) is 0 Å². The molecule has 1 amide bonds. The molecular weight excluding hydrogens is 272 g/mol. The van der Waals surface area contributed by atoms with Crippen molar-refractivity contribution >= 4 is 12.2 Å². The van der Waals surface area contributed by atoms with Gasteiger partial charge < -0.3 is 19.5 Å². The molecule has 7 nitrogen and oxygen atoms in total. The van der Waals surface area contributed by atoms with Gasteiger partial charge in [0.25, 0.3) is 0 Å². The zero-order valence-electron chi connectivity index (χ0n) is 11.7. The average molecular weight is 290 g/mol. The summed E-state index contributed by atoms with van der Waals surface area (Å²) < 4.78 is 7.37. The fraction of sp³-hybridized carbons (Fsp3) is 0.500. The highest BCUT2D eigenvalue weighted by Gasteiger charge is 2.22. The lowest BCUT2D eigenvalue weighted by Gasteiger charge is -2.27. The van der Waals surface area contributed by atoms with Crippen LogP contribution in [-0.4, -0.2) is 59.0 Å². The summed E-state index contributed by atoms with van der Waals surface area (Å²) in [4.78, 5) is 29.0. The molecular formula is C14H18N4O3. The molecule has 2 aliphatic rings. The fourth-order valence-corrected chi connectivity index (χ4v) is 2.57. The minimum atomic E-state index is -0.0499. The van der Waals surface area contributed by atoms with Gasteiger partial charge in [0.05, 0.1) is 25.5 Å². The van der Waals surface area contributed by atoms with Crippen LogP contribution in [0.4, 0.5) is 0 Å². The molecule has 0 aromatic carbocycles. The van der Waals surface area contributed by atoms with Crippen molar-refractivity contribution in [3.8, 4) is 0 Å². The molecule has 1 aromatic rings. The van der Waals surface area contributed by atoms with E-state index in [1.54, 1.807) is 23.2 Å². The maximum absolute atomic E-state index is 12.2. The Hall–Kier alpha value is -1.99. The van der Waals surface area contributed by atoms with Gasteiger partial charge in [0.15, 0.2) is 6.29 Å². The summed E-state index contributed by atoms with van der Waals surface area (Å²) in [6, 6.07) is 0. The second-order valence-corrected chi connectivity index (χ2v) is 5.10. The van der Waals surface area contributed by atoms with Crippen LogP contribution < -0.4 is 5.32 Å². The maximum atomic E-state index is 12.2. The molecule has 1 aromatic heterocycles. The van der Waals surface area contributed by atoms with E-state index in [1.807, 2.05) is 4.57 Å². The highest BCUT2D eigenvalue weighted by atomic mass is 16.5. The molecule has 0 aliphatic carbocycles. The smallest absolute Gasteiger partial charge is 0.246 e. The number of nitrogens with one attached hydrogen (secondary N) is 1. The molecule has 1 fully saturated rings. The van der Waals surface area contributed by atoms with Crippen molar-refractivity contribution in [2.75, 3.05) is 26.2 Å². The zero-order chi connectivity index (χ0) is 14.7. The molecule has 1 unspecified atom stereocenters. The summed E-state index contributed by atoms with van der Waals surface area (Å²) >= 11 is 0. The predicted octanol–water partition coefficient (Wildman–Crippen LogP) is -0.418. The van der Waals surface area contributed by atoms with Gasteiger partial charge in [0.2, 0.25) is 5.91 Å². The quantitative estimate of drug-likeness (QED) is 0.604. The molecule has 1 saturated heterocycles. The summed E-state index contributed by atoms with van der Waals surface area (Å²) in [7, 11) is 0. The maximum Gasteiger partial charge on any atom is 0.246 e. The van der Waals surface area contributed by atoms with Crippen LogP contribution in [0.2, 0.25) is 0 Å². The van der Waals surface area contributed by atoms with Crippen LogP contribution in [-0.2, 0) is 22.6 Å². The van der Waals surface area contributed by atoms with Gasteiger partial charge in [-0.2, -0.15) is 0 Å². The Kier molecular flexibility index (Phi) is 4.12. The van der Waals surface area contributed by atoms with Gasteiger partial charge in [0, 0.05) is 32.3 Å². The minimum Gasteiger partial charge on any atom is -0.371 e. The standard InChI is InChI=1S/C14H18N4O3/c19-10-11-7-16-13-9-17(4-5-18(11)13)14(20)2-1-12-8-15-3-6-21-12/h1-2,7,10,12,15H,3-6,8-9H2/b2-1+. The van der Waals surface area contributed by atoms with E-state index in [4.69, 9.17) is 4.74 Å². The molecule has 1 N–H and O–H groups in total. The molecule has 21 heavy (non-hydrogen) atoms. The van der Waals surface area contributed by atoms with Crippen LogP contribution in [0, 0.1) is 0 Å². The van der Waals surface area contributed by atoms with E-state index in [0.717, 1.165) is 25.2 Å². The van der Waals surface area contributed by atoms with Crippen molar-refractivity contribution in [1.29, 1.82) is 0 Å². The number of aldehydes is 1. The Morgan fingerprint density at radius 2 is 2.38 bits per heavy atom. The number of aromatic nitrogens is 2. The number of carbonyl (C=O) groups is 2. The second-order valence-electron chi connectivity index (χ2n) is 5.10. The molecule has 2 aliphatic heterocycles. The third-order valence-corrected chi connectivity index (χ3v) is 3.74. The number of hydrogen-bond donors (Lipinski definition) is 1. The largest absolute Gasteiger partial charge is 0.371 e. The molecule has 0 spiro atoms. The summed E-state index contributed by atoms with van der Waals surface area (Å²) in [6.45, 7) is 3.87. The van der Waals surface area contributed by atoms with Gasteiger partial charge >= 0.3 is 0 Å². The van der Waals surface area contributed by atoms with Gasteiger partial charge in [-0.25, -0.2) is 4.98 Å². The molecule has 1 atom stereocenters. The zero-order valence-corrected chi connectivity index (χ0v) is 11.7. The molecule has 3 heterocycles. The Morgan fingerprint density at radius 1 is 1.48 bits per heavy atom. The highest BCUT2D eigenvalue weighted by Crippen LogP contribution is 2.13. The summed E-state index contributed by atoms with van der Waals surface area (Å²) in [5, 5.41) is 3.21.